The zero-order valence-electron chi connectivity index (χ0n) is 17.5. The van der Waals surface area contributed by atoms with E-state index in [0.29, 0.717) is 63.2 Å². The quantitative estimate of drug-likeness (QED) is 0.495. The van der Waals surface area contributed by atoms with Crippen LogP contribution in [0, 0.1) is 18.7 Å². The van der Waals surface area contributed by atoms with Crippen molar-refractivity contribution in [1.29, 1.82) is 0 Å². The fourth-order valence-electron chi connectivity index (χ4n) is 4.44. The van der Waals surface area contributed by atoms with Gasteiger partial charge in [0, 0.05) is 29.1 Å². The van der Waals surface area contributed by atoms with Gasteiger partial charge in [-0.05, 0) is 37.0 Å². The largest absolute Gasteiger partial charge is 0.309 e. The van der Waals surface area contributed by atoms with Gasteiger partial charge in [-0.3, -0.25) is 19.7 Å². The van der Waals surface area contributed by atoms with Crippen molar-refractivity contribution in [3.05, 3.63) is 47.8 Å². The highest BCUT2D eigenvalue weighted by Gasteiger charge is 2.43. The van der Waals surface area contributed by atoms with Gasteiger partial charge >= 0.3 is 0 Å². The summed E-state index contributed by atoms with van der Waals surface area (Å²) in [6.07, 6.45) is 7.94. The van der Waals surface area contributed by atoms with E-state index in [1.807, 2.05) is 0 Å². The molecule has 10 heteroatoms. The summed E-state index contributed by atoms with van der Waals surface area (Å²) in [5, 5.41) is 10.3. The lowest BCUT2D eigenvalue weighted by Gasteiger charge is -2.14. The zero-order valence-corrected chi connectivity index (χ0v) is 17.5. The number of hydrogen-bond acceptors (Lipinski definition) is 5. The molecule has 0 spiro atoms. The van der Waals surface area contributed by atoms with Crippen LogP contribution in [0.1, 0.15) is 30.4 Å². The van der Waals surface area contributed by atoms with Crippen LogP contribution in [0.2, 0.25) is 0 Å². The third-order valence-electron chi connectivity index (χ3n) is 6.28. The normalized spacial score (nSPS) is 20.0. The number of amides is 1. The van der Waals surface area contributed by atoms with Crippen LogP contribution in [0.15, 0.2) is 30.9 Å². The maximum absolute atomic E-state index is 15.6. The van der Waals surface area contributed by atoms with Crippen LogP contribution < -0.4 is 5.32 Å². The van der Waals surface area contributed by atoms with Crippen molar-refractivity contribution in [1.82, 2.24) is 24.6 Å². The van der Waals surface area contributed by atoms with Crippen molar-refractivity contribution in [2.75, 3.05) is 5.32 Å². The van der Waals surface area contributed by atoms with Gasteiger partial charge in [0.1, 0.15) is 12.0 Å². The topological polar surface area (TPSA) is 105 Å². The fourth-order valence-corrected chi connectivity index (χ4v) is 4.44. The molecule has 0 bridgehead atoms. The van der Waals surface area contributed by atoms with E-state index in [-0.39, 0.29) is 12.2 Å². The summed E-state index contributed by atoms with van der Waals surface area (Å²) in [5.74, 6) is -1.16. The first-order valence-electron chi connectivity index (χ1n) is 10.6. The Hall–Kier alpha value is -3.95. The van der Waals surface area contributed by atoms with Crippen LogP contribution in [0.25, 0.3) is 33.4 Å². The summed E-state index contributed by atoms with van der Waals surface area (Å²) in [4.78, 5) is 32.5. The molecule has 2 aliphatic carbocycles. The van der Waals surface area contributed by atoms with E-state index in [9.17, 15) is 14.0 Å². The van der Waals surface area contributed by atoms with E-state index in [2.05, 4.69) is 25.5 Å². The SMILES string of the molecule is Cc1c(F)c(C2=CC(=O)CC2)c2[nH]ncc2c1-c1cn2cc(NC(=O)[C@@H]3C[C@@H]3F)nc2cn1. The Morgan fingerprint density at radius 1 is 1.24 bits per heavy atom. The lowest BCUT2D eigenvalue weighted by molar-refractivity contribution is -0.117. The third kappa shape index (κ3) is 3.12. The molecule has 2 atom stereocenters. The number of carbonyl (C=O) groups is 2. The summed E-state index contributed by atoms with van der Waals surface area (Å²) in [6.45, 7) is 1.67. The summed E-state index contributed by atoms with van der Waals surface area (Å²) in [6, 6.07) is 0. The van der Waals surface area contributed by atoms with E-state index >= 15 is 4.39 Å². The molecule has 6 rings (SSSR count). The monoisotopic (exact) mass is 448 g/mol. The van der Waals surface area contributed by atoms with E-state index in [0.717, 1.165) is 0 Å². The van der Waals surface area contributed by atoms with Gasteiger partial charge in [0.15, 0.2) is 17.2 Å². The standard InChI is InChI=1S/C23H18F2N6O2/c1-10-19(14-6-27-30-22(14)20(21(10)25)11-2-3-12(32)4-11)16-8-31-9-17(28-18(31)7-26-16)29-23(33)13-5-15(13)24/h4,6-9,13,15H,2-3,5H2,1H3,(H,27,30)(H,29,33)/t13-,15+/m1/s1. The maximum atomic E-state index is 15.6. The third-order valence-corrected chi connectivity index (χ3v) is 6.28. The van der Waals surface area contributed by atoms with E-state index in [1.54, 1.807) is 29.9 Å². The number of rotatable bonds is 4. The first-order chi connectivity index (χ1) is 15.9. The van der Waals surface area contributed by atoms with Gasteiger partial charge in [0.25, 0.3) is 0 Å². The van der Waals surface area contributed by atoms with Gasteiger partial charge in [0.2, 0.25) is 5.91 Å². The molecule has 1 fully saturated rings. The second-order valence-corrected chi connectivity index (χ2v) is 8.50. The first kappa shape index (κ1) is 19.7. The molecular formula is C23H18F2N6O2. The van der Waals surface area contributed by atoms with Crippen molar-refractivity contribution >= 4 is 39.6 Å². The smallest absolute Gasteiger partial charge is 0.231 e. The number of ketones is 1. The van der Waals surface area contributed by atoms with E-state index < -0.39 is 23.8 Å². The van der Waals surface area contributed by atoms with Crippen LogP contribution in [-0.4, -0.2) is 42.4 Å². The molecule has 1 amide bonds. The van der Waals surface area contributed by atoms with Gasteiger partial charge in [-0.25, -0.2) is 13.8 Å². The highest BCUT2D eigenvalue weighted by atomic mass is 19.1. The molecule has 0 radical (unpaired) electrons. The number of H-pyrrole nitrogens is 1. The highest BCUT2D eigenvalue weighted by molar-refractivity contribution is 6.07. The van der Waals surface area contributed by atoms with Crippen LogP contribution in [-0.2, 0) is 9.59 Å². The number of fused-ring (bicyclic) bond motifs is 2. The predicted molar refractivity (Wildman–Crippen MR) is 117 cm³/mol. The highest BCUT2D eigenvalue weighted by Crippen LogP contribution is 2.40. The Bertz CT molecular complexity index is 1520. The molecule has 1 saturated carbocycles. The molecule has 33 heavy (non-hydrogen) atoms. The molecule has 4 aromatic rings. The van der Waals surface area contributed by atoms with Gasteiger partial charge in [-0.2, -0.15) is 5.10 Å². The van der Waals surface area contributed by atoms with Gasteiger partial charge < -0.3 is 9.72 Å². The summed E-state index contributed by atoms with van der Waals surface area (Å²) >= 11 is 0. The average Bonchev–Trinajstić information content (AvgIpc) is 3.16. The Balaban J connectivity index is 1.44. The number of carbonyl (C=O) groups excluding carboxylic acids is 2. The molecule has 0 unspecified atom stereocenters. The van der Waals surface area contributed by atoms with Gasteiger partial charge in [0.05, 0.1) is 35.7 Å². The lowest BCUT2D eigenvalue weighted by atomic mass is 9.93. The van der Waals surface area contributed by atoms with Crippen LogP contribution in [0.3, 0.4) is 0 Å². The van der Waals surface area contributed by atoms with Crippen LogP contribution >= 0.6 is 0 Å². The second-order valence-electron chi connectivity index (χ2n) is 8.50. The number of anilines is 1. The number of nitrogens with zero attached hydrogens (tertiary/aromatic N) is 4. The van der Waals surface area contributed by atoms with E-state index in [1.165, 1.54) is 12.3 Å². The van der Waals surface area contributed by atoms with E-state index in [4.69, 9.17) is 0 Å². The molecule has 8 nitrogen and oxygen atoms in total. The summed E-state index contributed by atoms with van der Waals surface area (Å²) < 4.78 is 30.4. The number of nitrogens with one attached hydrogen (secondary N) is 2. The Kier molecular flexibility index (Phi) is 4.20. The first-order valence-corrected chi connectivity index (χ1v) is 10.6. The Labute approximate surface area is 185 Å². The number of aromatic amines is 1. The molecule has 1 aromatic carbocycles. The van der Waals surface area contributed by atoms with Gasteiger partial charge in [-0.15, -0.1) is 0 Å². The second kappa shape index (κ2) is 7.03. The lowest BCUT2D eigenvalue weighted by Crippen LogP contribution is -2.15. The van der Waals surface area contributed by atoms with Crippen molar-refractivity contribution in [3.8, 4) is 11.3 Å². The number of allylic oxidation sites excluding steroid dienone is 2. The van der Waals surface area contributed by atoms with Crippen molar-refractivity contribution < 1.29 is 18.4 Å². The molecular weight excluding hydrogens is 430 g/mol. The average molecular weight is 448 g/mol. The molecule has 0 saturated heterocycles. The number of imidazole rings is 1. The number of halogens is 2. The number of benzene rings is 1. The minimum atomic E-state index is -1.09. The summed E-state index contributed by atoms with van der Waals surface area (Å²) in [7, 11) is 0. The molecule has 3 aromatic heterocycles. The summed E-state index contributed by atoms with van der Waals surface area (Å²) in [5.41, 5.74) is 3.48. The zero-order chi connectivity index (χ0) is 22.9. The Morgan fingerprint density at radius 3 is 2.79 bits per heavy atom. The van der Waals surface area contributed by atoms with Gasteiger partial charge in [-0.1, -0.05) is 0 Å². The minimum absolute atomic E-state index is 0.0161. The maximum Gasteiger partial charge on any atom is 0.231 e. The molecule has 2 N–H and O–H groups in total. The molecule has 166 valence electrons. The van der Waals surface area contributed by atoms with Crippen LogP contribution in [0.4, 0.5) is 14.6 Å². The minimum Gasteiger partial charge on any atom is -0.309 e. The predicted octanol–water partition coefficient (Wildman–Crippen LogP) is 3.76. The van der Waals surface area contributed by atoms with Crippen molar-refractivity contribution in [2.24, 2.45) is 5.92 Å². The Morgan fingerprint density at radius 2 is 2.06 bits per heavy atom. The molecule has 0 aliphatic heterocycles. The fraction of sp³-hybridized carbons (Fsp3) is 0.261. The van der Waals surface area contributed by atoms with Crippen LogP contribution in [0.5, 0.6) is 0 Å². The molecule has 2 aliphatic rings. The number of alkyl halides is 1. The molecule has 3 heterocycles. The number of aromatic nitrogens is 5. The van der Waals surface area contributed by atoms with Crippen molar-refractivity contribution in [3.63, 3.8) is 0 Å². The number of hydrogen-bond donors (Lipinski definition) is 2. The van der Waals surface area contributed by atoms with Crippen molar-refractivity contribution in [2.45, 2.75) is 32.4 Å².